The van der Waals surface area contributed by atoms with Gasteiger partial charge in [0.1, 0.15) is 6.61 Å². The molecular weight excluding hydrogens is 432 g/mol. The van der Waals surface area contributed by atoms with Crippen LogP contribution >= 0.6 is 0 Å². The Bertz CT molecular complexity index is 1140. The molecule has 0 spiro atoms. The molecule has 0 aliphatic carbocycles. The Morgan fingerprint density at radius 2 is 1.59 bits per heavy atom. The number of ketones is 1. The van der Waals surface area contributed by atoms with Crippen molar-refractivity contribution in [2.24, 2.45) is 0 Å². The molecule has 0 bridgehead atoms. The lowest BCUT2D eigenvalue weighted by atomic mass is 9.92. The molecule has 2 N–H and O–H groups in total. The van der Waals surface area contributed by atoms with Crippen LogP contribution < -0.4 is 10.0 Å². The van der Waals surface area contributed by atoms with Crippen molar-refractivity contribution in [1.29, 1.82) is 0 Å². The SMILES string of the molecule is CC(=O)Nc1ccc(S(=O)(=O)NCCC(=O)OCc2c(C)cc(C)c(C(C)=O)c2C)cc1. The number of Topliss-reactive ketones (excluding diaryl/α,β-unsaturated/α-hetero) is 1. The molecule has 2 aromatic rings. The van der Waals surface area contributed by atoms with E-state index >= 15 is 0 Å². The number of amides is 1. The molecule has 32 heavy (non-hydrogen) atoms. The van der Waals surface area contributed by atoms with Gasteiger partial charge in [0.15, 0.2) is 5.78 Å². The summed E-state index contributed by atoms with van der Waals surface area (Å²) in [6, 6.07) is 7.57. The average Bonchev–Trinajstić information content (AvgIpc) is 2.67. The Hall–Kier alpha value is -3.04. The number of hydrogen-bond acceptors (Lipinski definition) is 6. The summed E-state index contributed by atoms with van der Waals surface area (Å²) in [6.45, 7) is 8.32. The topological polar surface area (TPSA) is 119 Å². The van der Waals surface area contributed by atoms with Gasteiger partial charge in [-0.3, -0.25) is 14.4 Å². The monoisotopic (exact) mass is 460 g/mol. The van der Waals surface area contributed by atoms with E-state index in [4.69, 9.17) is 4.74 Å². The van der Waals surface area contributed by atoms with Crippen molar-refractivity contribution in [3.05, 3.63) is 58.1 Å². The fraction of sp³-hybridized carbons (Fsp3) is 0.348. The van der Waals surface area contributed by atoms with Crippen molar-refractivity contribution in [2.45, 2.75) is 52.5 Å². The summed E-state index contributed by atoms with van der Waals surface area (Å²) in [6.07, 6.45) is -0.146. The Morgan fingerprint density at radius 3 is 2.16 bits per heavy atom. The van der Waals surface area contributed by atoms with Gasteiger partial charge in [-0.15, -0.1) is 0 Å². The Morgan fingerprint density at radius 1 is 0.969 bits per heavy atom. The zero-order valence-corrected chi connectivity index (χ0v) is 19.7. The van der Waals surface area contributed by atoms with Crippen molar-refractivity contribution in [1.82, 2.24) is 4.72 Å². The largest absolute Gasteiger partial charge is 0.461 e. The van der Waals surface area contributed by atoms with Crippen LogP contribution in [0.3, 0.4) is 0 Å². The van der Waals surface area contributed by atoms with Gasteiger partial charge in [-0.2, -0.15) is 0 Å². The van der Waals surface area contributed by atoms with Crippen LogP contribution in [0.25, 0.3) is 0 Å². The number of sulfonamides is 1. The molecule has 0 saturated heterocycles. The predicted molar refractivity (Wildman–Crippen MR) is 121 cm³/mol. The van der Waals surface area contributed by atoms with E-state index in [-0.39, 0.29) is 36.2 Å². The van der Waals surface area contributed by atoms with E-state index in [0.29, 0.717) is 11.3 Å². The lowest BCUT2D eigenvalue weighted by Crippen LogP contribution is -2.26. The minimum absolute atomic E-state index is 0.00835. The van der Waals surface area contributed by atoms with Crippen LogP contribution in [0.2, 0.25) is 0 Å². The Kier molecular flexibility index (Phi) is 8.29. The molecule has 0 aromatic heterocycles. The molecule has 8 nitrogen and oxygen atoms in total. The molecule has 172 valence electrons. The zero-order valence-electron chi connectivity index (χ0n) is 18.9. The summed E-state index contributed by atoms with van der Waals surface area (Å²) in [5, 5.41) is 2.56. The average molecular weight is 461 g/mol. The second-order valence-electron chi connectivity index (χ2n) is 7.56. The lowest BCUT2D eigenvalue weighted by molar-refractivity contribution is -0.144. The van der Waals surface area contributed by atoms with E-state index in [1.165, 1.54) is 38.1 Å². The van der Waals surface area contributed by atoms with Gasteiger partial charge in [0.2, 0.25) is 15.9 Å². The number of nitrogens with one attached hydrogen (secondary N) is 2. The number of carbonyl (C=O) groups is 3. The lowest BCUT2D eigenvalue weighted by Gasteiger charge is -2.16. The Labute approximate surface area is 188 Å². The van der Waals surface area contributed by atoms with Crippen LogP contribution in [0, 0.1) is 20.8 Å². The van der Waals surface area contributed by atoms with E-state index in [2.05, 4.69) is 10.0 Å². The normalized spacial score (nSPS) is 11.2. The van der Waals surface area contributed by atoms with Crippen LogP contribution in [0.1, 0.15) is 52.9 Å². The highest BCUT2D eigenvalue weighted by molar-refractivity contribution is 7.89. The van der Waals surface area contributed by atoms with Gasteiger partial charge in [-0.1, -0.05) is 6.07 Å². The maximum atomic E-state index is 12.4. The standard InChI is InChI=1S/C23H28N2O6S/c1-14-12-15(2)23(17(4)26)16(3)21(14)13-31-22(28)10-11-24-32(29,30)20-8-6-19(7-9-20)25-18(5)27/h6-9,12,24H,10-11,13H2,1-5H3,(H,25,27). The van der Waals surface area contributed by atoms with Crippen LogP contribution in [0.4, 0.5) is 5.69 Å². The summed E-state index contributed by atoms with van der Waals surface area (Å²) in [7, 11) is -3.81. The van der Waals surface area contributed by atoms with Crippen LogP contribution in [0.15, 0.2) is 35.2 Å². The highest BCUT2D eigenvalue weighted by atomic mass is 32.2. The van der Waals surface area contributed by atoms with E-state index in [0.717, 1.165) is 22.3 Å². The van der Waals surface area contributed by atoms with Gasteiger partial charge in [0, 0.05) is 24.7 Å². The van der Waals surface area contributed by atoms with Crippen molar-refractivity contribution < 1.29 is 27.5 Å². The van der Waals surface area contributed by atoms with Gasteiger partial charge >= 0.3 is 5.97 Å². The summed E-state index contributed by atoms with van der Waals surface area (Å²) in [4.78, 5) is 35.1. The van der Waals surface area contributed by atoms with Crippen molar-refractivity contribution in [3.63, 3.8) is 0 Å². The first-order valence-corrected chi connectivity index (χ1v) is 11.5. The van der Waals surface area contributed by atoms with Crippen LogP contribution in [-0.2, 0) is 31.0 Å². The van der Waals surface area contributed by atoms with Gasteiger partial charge in [0.25, 0.3) is 0 Å². The fourth-order valence-corrected chi connectivity index (χ4v) is 4.54. The molecule has 1 amide bonds. The highest BCUT2D eigenvalue weighted by Crippen LogP contribution is 2.23. The van der Waals surface area contributed by atoms with Crippen molar-refractivity contribution >= 4 is 33.4 Å². The molecule has 0 heterocycles. The number of carbonyl (C=O) groups excluding carboxylic acids is 3. The van der Waals surface area contributed by atoms with E-state index in [1.807, 2.05) is 26.8 Å². The smallest absolute Gasteiger partial charge is 0.307 e. The number of anilines is 1. The molecule has 0 atom stereocenters. The van der Waals surface area contributed by atoms with E-state index < -0.39 is 16.0 Å². The zero-order chi connectivity index (χ0) is 24.1. The van der Waals surface area contributed by atoms with Crippen LogP contribution in [-0.4, -0.2) is 32.6 Å². The molecule has 2 aromatic carbocycles. The number of esters is 1. The van der Waals surface area contributed by atoms with Gasteiger partial charge < -0.3 is 10.1 Å². The van der Waals surface area contributed by atoms with Gasteiger partial charge in [-0.25, -0.2) is 13.1 Å². The predicted octanol–water partition coefficient (Wildman–Crippen LogP) is 3.18. The van der Waals surface area contributed by atoms with Gasteiger partial charge in [-0.05, 0) is 74.2 Å². The first kappa shape index (κ1) is 25.2. The number of benzene rings is 2. The number of hydrogen-bond donors (Lipinski definition) is 2. The number of aryl methyl sites for hydroxylation is 2. The molecule has 0 saturated carbocycles. The molecule has 0 fully saturated rings. The maximum absolute atomic E-state index is 12.4. The number of rotatable bonds is 9. The first-order chi connectivity index (χ1) is 14.9. The summed E-state index contributed by atoms with van der Waals surface area (Å²) >= 11 is 0. The van der Waals surface area contributed by atoms with E-state index in [9.17, 15) is 22.8 Å². The Balaban J connectivity index is 1.93. The molecule has 0 unspecified atom stereocenters. The molecule has 2 rings (SSSR count). The quantitative estimate of drug-likeness (QED) is 0.438. The molecule has 0 aliphatic rings. The summed E-state index contributed by atoms with van der Waals surface area (Å²) in [5.41, 5.74) is 4.46. The molecule has 0 aliphatic heterocycles. The molecule has 0 radical (unpaired) electrons. The van der Waals surface area contributed by atoms with Crippen molar-refractivity contribution in [3.8, 4) is 0 Å². The molecular formula is C23H28N2O6S. The second kappa shape index (κ2) is 10.5. The number of ether oxygens (including phenoxy) is 1. The van der Waals surface area contributed by atoms with Crippen molar-refractivity contribution in [2.75, 3.05) is 11.9 Å². The van der Waals surface area contributed by atoms with Gasteiger partial charge in [0.05, 0.1) is 11.3 Å². The maximum Gasteiger partial charge on any atom is 0.307 e. The second-order valence-corrected chi connectivity index (χ2v) is 9.33. The third-order valence-electron chi connectivity index (χ3n) is 4.97. The summed E-state index contributed by atoms with van der Waals surface area (Å²) in [5.74, 6) is -0.865. The van der Waals surface area contributed by atoms with E-state index in [1.54, 1.807) is 0 Å². The van der Waals surface area contributed by atoms with Crippen LogP contribution in [0.5, 0.6) is 0 Å². The third-order valence-corrected chi connectivity index (χ3v) is 6.44. The highest BCUT2D eigenvalue weighted by Gasteiger charge is 2.17. The summed E-state index contributed by atoms with van der Waals surface area (Å²) < 4.78 is 32.4. The minimum atomic E-state index is -3.81. The third kappa shape index (κ3) is 6.48. The molecule has 9 heteroatoms. The fourth-order valence-electron chi connectivity index (χ4n) is 3.51. The first-order valence-electron chi connectivity index (χ1n) is 10.1. The minimum Gasteiger partial charge on any atom is -0.461 e.